The van der Waals surface area contributed by atoms with Crippen LogP contribution in [0.25, 0.3) is 0 Å². The summed E-state index contributed by atoms with van der Waals surface area (Å²) in [6.07, 6.45) is 10.9. The van der Waals surface area contributed by atoms with Crippen molar-refractivity contribution in [1.82, 2.24) is 0 Å². The Hall–Kier alpha value is -1.44. The second kappa shape index (κ2) is 8.17. The van der Waals surface area contributed by atoms with E-state index in [4.69, 9.17) is 0 Å². The molecule has 2 heteroatoms. The summed E-state index contributed by atoms with van der Waals surface area (Å²) >= 11 is 0. The minimum atomic E-state index is 0.126. The van der Waals surface area contributed by atoms with Gasteiger partial charge in [0.2, 0.25) is 0 Å². The lowest BCUT2D eigenvalue weighted by Gasteiger charge is -2.02. The SMILES string of the molecule is C=C/C=C\C=NC(C)C(C)=N/C=C\C. The third kappa shape index (κ3) is 6.12. The molecule has 76 valence electrons. The summed E-state index contributed by atoms with van der Waals surface area (Å²) in [6.45, 7) is 9.50. The standard InChI is InChI=1S/C12H18N2/c1-5-7-8-10-14-12(4)11(3)13-9-6-2/h5-10,12H,1H2,2-4H3/b8-7-,9-6-,13-11?,14-10?. The molecule has 0 fully saturated rings. The first-order valence-corrected chi connectivity index (χ1v) is 4.68. The number of aliphatic imine (C=N–C) groups is 2. The molecule has 0 N–H and O–H groups in total. The first kappa shape index (κ1) is 12.6. The molecule has 1 unspecified atom stereocenters. The van der Waals surface area contributed by atoms with Gasteiger partial charge in [-0.05, 0) is 26.8 Å². The van der Waals surface area contributed by atoms with Crippen LogP contribution in [0.3, 0.4) is 0 Å². The summed E-state index contributed by atoms with van der Waals surface area (Å²) in [5.74, 6) is 0. The van der Waals surface area contributed by atoms with Gasteiger partial charge in [-0.25, -0.2) is 0 Å². The first-order chi connectivity index (χ1) is 6.72. The highest BCUT2D eigenvalue weighted by atomic mass is 14.8. The predicted molar refractivity (Wildman–Crippen MR) is 65.2 cm³/mol. The number of allylic oxidation sites excluding steroid dienone is 4. The summed E-state index contributed by atoms with van der Waals surface area (Å²) in [7, 11) is 0. The maximum atomic E-state index is 4.29. The lowest BCUT2D eigenvalue weighted by molar-refractivity contribution is 0.973. The van der Waals surface area contributed by atoms with Gasteiger partial charge in [-0.15, -0.1) is 0 Å². The molecule has 0 saturated heterocycles. The van der Waals surface area contributed by atoms with Gasteiger partial charge in [0.05, 0.1) is 6.04 Å². The van der Waals surface area contributed by atoms with Gasteiger partial charge in [0.1, 0.15) is 0 Å². The number of rotatable bonds is 5. The third-order valence-electron chi connectivity index (χ3n) is 1.67. The molecule has 0 aliphatic heterocycles. The highest BCUT2D eigenvalue weighted by molar-refractivity contribution is 5.89. The van der Waals surface area contributed by atoms with E-state index < -0.39 is 0 Å². The van der Waals surface area contributed by atoms with Crippen LogP contribution >= 0.6 is 0 Å². The molecule has 14 heavy (non-hydrogen) atoms. The molecule has 0 amide bonds. The Labute approximate surface area is 86.5 Å². The van der Waals surface area contributed by atoms with Crippen molar-refractivity contribution in [1.29, 1.82) is 0 Å². The van der Waals surface area contributed by atoms with Gasteiger partial charge in [-0.2, -0.15) is 0 Å². The fourth-order valence-electron chi connectivity index (χ4n) is 0.715. The van der Waals surface area contributed by atoms with Crippen LogP contribution in [0.5, 0.6) is 0 Å². The Morgan fingerprint density at radius 1 is 1.36 bits per heavy atom. The highest BCUT2D eigenvalue weighted by Gasteiger charge is 1.99. The van der Waals surface area contributed by atoms with E-state index >= 15 is 0 Å². The monoisotopic (exact) mass is 190 g/mol. The number of hydrogen-bond donors (Lipinski definition) is 0. The minimum absolute atomic E-state index is 0.126. The lowest BCUT2D eigenvalue weighted by Crippen LogP contribution is -2.10. The average molecular weight is 190 g/mol. The Bertz CT molecular complexity index is 270. The highest BCUT2D eigenvalue weighted by Crippen LogP contribution is 1.94. The molecule has 0 aliphatic carbocycles. The van der Waals surface area contributed by atoms with Gasteiger partial charge in [-0.1, -0.05) is 24.8 Å². The first-order valence-electron chi connectivity index (χ1n) is 4.68. The van der Waals surface area contributed by atoms with Crippen molar-refractivity contribution in [3.8, 4) is 0 Å². The Balaban J connectivity index is 4.19. The maximum Gasteiger partial charge on any atom is 0.0849 e. The van der Waals surface area contributed by atoms with E-state index in [2.05, 4.69) is 16.6 Å². The largest absolute Gasteiger partial charge is 0.284 e. The van der Waals surface area contributed by atoms with Gasteiger partial charge in [0.25, 0.3) is 0 Å². The summed E-state index contributed by atoms with van der Waals surface area (Å²) in [6, 6.07) is 0.126. The molecular weight excluding hydrogens is 172 g/mol. The maximum absolute atomic E-state index is 4.29. The third-order valence-corrected chi connectivity index (χ3v) is 1.67. The minimum Gasteiger partial charge on any atom is -0.284 e. The molecule has 2 nitrogen and oxygen atoms in total. The van der Waals surface area contributed by atoms with Gasteiger partial charge in [0.15, 0.2) is 0 Å². The van der Waals surface area contributed by atoms with Crippen LogP contribution in [0.2, 0.25) is 0 Å². The molecule has 0 saturated carbocycles. The van der Waals surface area contributed by atoms with Crippen LogP contribution < -0.4 is 0 Å². The Morgan fingerprint density at radius 3 is 2.64 bits per heavy atom. The molecule has 0 bridgehead atoms. The predicted octanol–water partition coefficient (Wildman–Crippen LogP) is 3.18. The van der Waals surface area contributed by atoms with Gasteiger partial charge in [-0.3, -0.25) is 9.98 Å². The van der Waals surface area contributed by atoms with Crippen LogP contribution in [-0.4, -0.2) is 18.0 Å². The molecule has 0 aromatic carbocycles. The fraction of sp³-hybridized carbons (Fsp3) is 0.333. The van der Waals surface area contributed by atoms with Crippen LogP contribution in [-0.2, 0) is 0 Å². The van der Waals surface area contributed by atoms with Crippen LogP contribution in [0.15, 0.2) is 47.1 Å². The van der Waals surface area contributed by atoms with E-state index in [-0.39, 0.29) is 6.04 Å². The van der Waals surface area contributed by atoms with E-state index in [0.29, 0.717) is 0 Å². The average Bonchev–Trinajstić information content (AvgIpc) is 2.20. The molecule has 0 aliphatic rings. The Kier molecular flexibility index (Phi) is 7.33. The van der Waals surface area contributed by atoms with Crippen molar-refractivity contribution < 1.29 is 0 Å². The van der Waals surface area contributed by atoms with Crippen LogP contribution in [0.4, 0.5) is 0 Å². The van der Waals surface area contributed by atoms with Crippen molar-refractivity contribution >= 4 is 11.9 Å². The van der Waals surface area contributed by atoms with E-state index in [1.54, 1.807) is 18.5 Å². The summed E-state index contributed by atoms with van der Waals surface area (Å²) < 4.78 is 0. The van der Waals surface area contributed by atoms with Gasteiger partial charge < -0.3 is 0 Å². The van der Waals surface area contributed by atoms with Crippen molar-refractivity contribution in [3.05, 3.63) is 37.1 Å². The van der Waals surface area contributed by atoms with Crippen molar-refractivity contribution in [2.24, 2.45) is 9.98 Å². The van der Waals surface area contributed by atoms with Crippen molar-refractivity contribution in [2.45, 2.75) is 26.8 Å². The molecule has 0 rings (SSSR count). The zero-order chi connectivity index (χ0) is 10.8. The second-order valence-electron chi connectivity index (χ2n) is 2.85. The summed E-state index contributed by atoms with van der Waals surface area (Å²) in [4.78, 5) is 8.51. The van der Waals surface area contributed by atoms with Gasteiger partial charge in [0, 0.05) is 18.1 Å². The quantitative estimate of drug-likeness (QED) is 0.470. The topological polar surface area (TPSA) is 24.7 Å². The number of hydrogen-bond acceptors (Lipinski definition) is 2. The molecule has 0 spiro atoms. The number of nitrogens with zero attached hydrogens (tertiary/aromatic N) is 2. The molecule has 0 aromatic rings. The second-order valence-corrected chi connectivity index (χ2v) is 2.85. The molecule has 0 heterocycles. The van der Waals surface area contributed by atoms with E-state index in [1.165, 1.54) is 0 Å². The zero-order valence-electron chi connectivity index (χ0n) is 9.14. The zero-order valence-corrected chi connectivity index (χ0v) is 9.14. The van der Waals surface area contributed by atoms with Gasteiger partial charge >= 0.3 is 0 Å². The molecular formula is C12H18N2. The Morgan fingerprint density at radius 2 is 2.07 bits per heavy atom. The van der Waals surface area contributed by atoms with Crippen molar-refractivity contribution in [3.63, 3.8) is 0 Å². The van der Waals surface area contributed by atoms with Crippen molar-refractivity contribution in [2.75, 3.05) is 0 Å². The van der Waals surface area contributed by atoms with E-state index in [9.17, 15) is 0 Å². The van der Waals surface area contributed by atoms with E-state index in [0.717, 1.165) is 5.71 Å². The lowest BCUT2D eigenvalue weighted by atomic mass is 10.2. The van der Waals surface area contributed by atoms with Crippen LogP contribution in [0, 0.1) is 0 Å². The van der Waals surface area contributed by atoms with Crippen LogP contribution in [0.1, 0.15) is 20.8 Å². The smallest absolute Gasteiger partial charge is 0.0849 e. The summed E-state index contributed by atoms with van der Waals surface area (Å²) in [5, 5.41) is 0. The fourth-order valence-corrected chi connectivity index (χ4v) is 0.715. The molecule has 0 radical (unpaired) electrons. The normalized spacial score (nSPS) is 15.8. The molecule has 1 atom stereocenters. The van der Waals surface area contributed by atoms with E-state index in [1.807, 2.05) is 39.0 Å². The summed E-state index contributed by atoms with van der Waals surface area (Å²) in [5.41, 5.74) is 1.01. The molecule has 0 aromatic heterocycles.